The maximum absolute atomic E-state index is 2.39. The van der Waals surface area contributed by atoms with Crippen molar-refractivity contribution in [1.82, 2.24) is 0 Å². The Kier molecular flexibility index (Phi) is 1.94. The lowest BCUT2D eigenvalue weighted by molar-refractivity contribution is -0.874. The molecule has 2 aliphatic rings. The molecule has 0 saturated carbocycles. The van der Waals surface area contributed by atoms with Crippen LogP contribution < -0.4 is 10.2 Å². The minimum absolute atomic E-state index is 1.20. The van der Waals surface area contributed by atoms with Crippen LogP contribution in [0.1, 0.15) is 17.5 Å². The number of rotatable bonds is 0. The number of quaternary nitrogens is 2. The lowest BCUT2D eigenvalue weighted by Gasteiger charge is -2.18. The topological polar surface area (TPSA) is 21.1 Å². The average Bonchev–Trinajstić information content (AvgIpc) is 2.56. The molecular formula is C13H18N2+2. The summed E-state index contributed by atoms with van der Waals surface area (Å²) in [6.07, 6.45) is 1.24. The van der Waals surface area contributed by atoms with E-state index in [0.29, 0.717) is 0 Å². The molecule has 2 heterocycles. The molecule has 0 amide bonds. The smallest absolute Gasteiger partial charge is 0.142 e. The summed E-state index contributed by atoms with van der Waals surface area (Å²) in [5, 5.41) is 2.39. The van der Waals surface area contributed by atoms with Gasteiger partial charge in [-0.05, 0) is 13.0 Å². The zero-order valence-corrected chi connectivity index (χ0v) is 9.43. The van der Waals surface area contributed by atoms with E-state index in [1.54, 1.807) is 16.2 Å². The van der Waals surface area contributed by atoms with Crippen LogP contribution in [-0.2, 0) is 0 Å². The van der Waals surface area contributed by atoms with Crippen LogP contribution in [0.4, 0.5) is 5.69 Å². The number of hydrogen-bond acceptors (Lipinski definition) is 0. The van der Waals surface area contributed by atoms with E-state index in [0.717, 1.165) is 0 Å². The Morgan fingerprint density at radius 1 is 1.33 bits per heavy atom. The fourth-order valence-corrected chi connectivity index (χ4v) is 2.68. The molecule has 1 unspecified atom stereocenters. The number of aryl methyl sites for hydroxylation is 1. The highest BCUT2D eigenvalue weighted by Crippen LogP contribution is 2.29. The van der Waals surface area contributed by atoms with Gasteiger partial charge in [-0.15, -0.1) is 0 Å². The van der Waals surface area contributed by atoms with Crippen molar-refractivity contribution in [2.24, 2.45) is 0 Å². The van der Waals surface area contributed by atoms with E-state index < -0.39 is 0 Å². The lowest BCUT2D eigenvalue weighted by atomic mass is 10.00. The molecule has 0 aromatic heterocycles. The Hall–Kier alpha value is -1.12. The van der Waals surface area contributed by atoms with E-state index in [1.165, 1.54) is 36.3 Å². The average molecular weight is 202 g/mol. The fourth-order valence-electron chi connectivity index (χ4n) is 2.68. The van der Waals surface area contributed by atoms with Gasteiger partial charge >= 0.3 is 0 Å². The van der Waals surface area contributed by atoms with Gasteiger partial charge in [0.25, 0.3) is 0 Å². The van der Waals surface area contributed by atoms with E-state index in [-0.39, 0.29) is 0 Å². The first-order valence-electron chi connectivity index (χ1n) is 5.73. The van der Waals surface area contributed by atoms with Gasteiger partial charge in [-0.1, -0.05) is 11.6 Å². The highest BCUT2D eigenvalue weighted by Gasteiger charge is 2.31. The van der Waals surface area contributed by atoms with Crippen molar-refractivity contribution in [1.29, 1.82) is 0 Å². The van der Waals surface area contributed by atoms with Crippen molar-refractivity contribution >= 4 is 11.3 Å². The summed E-state index contributed by atoms with van der Waals surface area (Å²) >= 11 is 0. The lowest BCUT2D eigenvalue weighted by Crippen LogP contribution is -3.10. The third kappa shape index (κ3) is 1.41. The second kappa shape index (κ2) is 3.19. The summed E-state index contributed by atoms with van der Waals surface area (Å²) in [5.74, 6) is 0. The Bertz CT molecular complexity index is 446. The number of nitrogens with one attached hydrogen (secondary N) is 1. The maximum atomic E-state index is 2.39. The van der Waals surface area contributed by atoms with Crippen LogP contribution in [0, 0.1) is 6.92 Å². The normalized spacial score (nSPS) is 24.0. The van der Waals surface area contributed by atoms with Crippen molar-refractivity contribution < 1.29 is 10.2 Å². The standard InChI is InChI=1S/C13H16N2/c1-9-3-4-12-10(7-9)11-8-15(2)6-5-13(11)14-12/h3-4,7,14H,5-6,8H2,1-2H3/p+2. The Morgan fingerprint density at radius 3 is 3.07 bits per heavy atom. The zero-order valence-electron chi connectivity index (χ0n) is 9.43. The van der Waals surface area contributed by atoms with Gasteiger partial charge < -0.3 is 4.90 Å². The first-order valence-corrected chi connectivity index (χ1v) is 5.73. The fraction of sp³-hybridized carbons (Fsp3) is 0.385. The van der Waals surface area contributed by atoms with Crippen molar-refractivity contribution in [2.75, 3.05) is 20.1 Å². The van der Waals surface area contributed by atoms with Gasteiger partial charge in [0.2, 0.25) is 0 Å². The van der Waals surface area contributed by atoms with E-state index >= 15 is 0 Å². The molecule has 2 nitrogen and oxygen atoms in total. The zero-order chi connectivity index (χ0) is 10.4. The second-order valence-corrected chi connectivity index (χ2v) is 4.87. The summed E-state index contributed by atoms with van der Waals surface area (Å²) in [6, 6.07) is 6.81. The number of likely N-dealkylation sites (N-methyl/N-ethyl adjacent to an activating group) is 1. The van der Waals surface area contributed by atoms with Gasteiger partial charge in [0.15, 0.2) is 0 Å². The van der Waals surface area contributed by atoms with Gasteiger partial charge in [-0.3, -0.25) is 5.32 Å². The van der Waals surface area contributed by atoms with Gasteiger partial charge in [0.05, 0.1) is 31.1 Å². The molecule has 0 spiro atoms. The molecule has 15 heavy (non-hydrogen) atoms. The Labute approximate surface area is 90.6 Å². The van der Waals surface area contributed by atoms with Crippen molar-refractivity contribution in [3.8, 4) is 0 Å². The van der Waals surface area contributed by atoms with Crippen LogP contribution in [0.3, 0.4) is 0 Å². The molecular weight excluding hydrogens is 184 g/mol. The molecule has 3 N–H and O–H groups in total. The molecule has 2 heteroatoms. The van der Waals surface area contributed by atoms with Crippen molar-refractivity contribution in [3.63, 3.8) is 0 Å². The first kappa shape index (κ1) is 9.13. The number of nitrogens with two attached hydrogens (primary N) is 1. The van der Waals surface area contributed by atoms with E-state index in [1.807, 2.05) is 0 Å². The predicted molar refractivity (Wildman–Crippen MR) is 60.9 cm³/mol. The molecule has 0 bridgehead atoms. The molecule has 78 valence electrons. The SMILES string of the molecule is Cc1ccc2c(c1)C1=C(CC[NH+](C)C1)[NH2+]2. The van der Waals surface area contributed by atoms with E-state index in [9.17, 15) is 0 Å². The van der Waals surface area contributed by atoms with Gasteiger partial charge in [-0.25, -0.2) is 0 Å². The van der Waals surface area contributed by atoms with Crippen LogP contribution in [0.15, 0.2) is 23.9 Å². The molecule has 0 saturated heterocycles. The molecule has 0 fully saturated rings. The maximum Gasteiger partial charge on any atom is 0.142 e. The molecule has 0 aliphatic carbocycles. The third-order valence-corrected chi connectivity index (χ3v) is 3.55. The van der Waals surface area contributed by atoms with Crippen LogP contribution in [0.25, 0.3) is 5.57 Å². The quantitative estimate of drug-likeness (QED) is 0.545. The summed E-state index contributed by atoms with van der Waals surface area (Å²) in [5.41, 5.74) is 7.47. The monoisotopic (exact) mass is 202 g/mol. The summed E-state index contributed by atoms with van der Waals surface area (Å²) in [4.78, 5) is 1.64. The molecule has 1 aromatic rings. The largest absolute Gasteiger partial charge is 0.333 e. The van der Waals surface area contributed by atoms with E-state index in [2.05, 4.69) is 37.5 Å². The minimum atomic E-state index is 1.20. The minimum Gasteiger partial charge on any atom is -0.333 e. The summed E-state index contributed by atoms with van der Waals surface area (Å²) in [7, 11) is 2.29. The van der Waals surface area contributed by atoms with Crippen molar-refractivity contribution in [2.45, 2.75) is 13.3 Å². The molecule has 1 aromatic carbocycles. The third-order valence-electron chi connectivity index (χ3n) is 3.55. The molecule has 1 atom stereocenters. The molecule has 3 rings (SSSR count). The van der Waals surface area contributed by atoms with E-state index in [4.69, 9.17) is 0 Å². The summed E-state index contributed by atoms with van der Waals surface area (Å²) < 4.78 is 0. The van der Waals surface area contributed by atoms with Crippen LogP contribution in [0.2, 0.25) is 0 Å². The molecule has 0 radical (unpaired) electrons. The Balaban J connectivity index is 2.08. The molecule has 2 aliphatic heterocycles. The number of hydrogen-bond donors (Lipinski definition) is 2. The first-order chi connectivity index (χ1) is 7.24. The van der Waals surface area contributed by atoms with Crippen LogP contribution >= 0.6 is 0 Å². The second-order valence-electron chi connectivity index (χ2n) is 4.87. The summed E-state index contributed by atoms with van der Waals surface area (Å²) in [6.45, 7) is 4.66. The highest BCUT2D eigenvalue weighted by molar-refractivity contribution is 5.78. The van der Waals surface area contributed by atoms with Crippen LogP contribution in [0.5, 0.6) is 0 Å². The predicted octanol–water partition coefficient (Wildman–Crippen LogP) is -0.167. The van der Waals surface area contributed by atoms with Crippen molar-refractivity contribution in [3.05, 3.63) is 35.0 Å². The van der Waals surface area contributed by atoms with Gasteiger partial charge in [-0.2, -0.15) is 0 Å². The van der Waals surface area contributed by atoms with Gasteiger partial charge in [0, 0.05) is 6.07 Å². The van der Waals surface area contributed by atoms with Gasteiger partial charge in [0.1, 0.15) is 17.9 Å². The number of benzene rings is 1. The Morgan fingerprint density at radius 2 is 2.20 bits per heavy atom. The number of fused-ring (bicyclic) bond motifs is 2. The highest BCUT2D eigenvalue weighted by atomic mass is 15.1. The van der Waals surface area contributed by atoms with Crippen LogP contribution in [-0.4, -0.2) is 20.1 Å².